The van der Waals surface area contributed by atoms with Crippen LogP contribution in [0.1, 0.15) is 24.0 Å². The second-order valence-corrected chi connectivity index (χ2v) is 4.47. The molecular weight excluding hydrogens is 258 g/mol. The summed E-state index contributed by atoms with van der Waals surface area (Å²) in [4.78, 5) is 10.4. The number of nitrogens with one attached hydrogen (secondary N) is 1. The Kier molecular flexibility index (Phi) is 6.59. The van der Waals surface area contributed by atoms with E-state index >= 15 is 0 Å². The second-order valence-electron chi connectivity index (χ2n) is 4.47. The zero-order valence-electron chi connectivity index (χ0n) is 11.7. The molecule has 3 N–H and O–H groups in total. The number of carboxylic acids is 1. The molecule has 0 bridgehead atoms. The van der Waals surface area contributed by atoms with Gasteiger partial charge in [-0.15, -0.1) is 6.58 Å². The van der Waals surface area contributed by atoms with Crippen molar-refractivity contribution in [3.8, 4) is 11.5 Å². The Morgan fingerprint density at radius 2 is 2.25 bits per heavy atom. The number of carboxylic acid groups (broad SMARTS) is 1. The van der Waals surface area contributed by atoms with Crippen LogP contribution in [0.25, 0.3) is 0 Å². The highest BCUT2D eigenvalue weighted by atomic mass is 16.5. The third kappa shape index (κ3) is 4.93. The standard InChI is InChI=1S/C15H21NO4/c1-3-5-12-8-11(9-13(20-2)15(12)19)10-16-7-4-6-14(17)18/h3,8-9,16,19H,1,4-7,10H2,2H3,(H,17,18). The van der Waals surface area contributed by atoms with E-state index in [0.29, 0.717) is 31.7 Å². The predicted octanol–water partition coefficient (Wildman–Crippen LogP) is 2.08. The minimum Gasteiger partial charge on any atom is -0.504 e. The molecule has 110 valence electrons. The molecule has 0 saturated heterocycles. The van der Waals surface area contributed by atoms with E-state index < -0.39 is 5.97 Å². The van der Waals surface area contributed by atoms with Crippen molar-refractivity contribution in [2.45, 2.75) is 25.8 Å². The molecule has 0 atom stereocenters. The monoisotopic (exact) mass is 279 g/mol. The summed E-state index contributed by atoms with van der Waals surface area (Å²) in [6.45, 7) is 4.89. The lowest BCUT2D eigenvalue weighted by atomic mass is 10.1. The van der Waals surface area contributed by atoms with E-state index in [1.807, 2.05) is 6.07 Å². The summed E-state index contributed by atoms with van der Waals surface area (Å²) < 4.78 is 5.14. The SMILES string of the molecule is C=CCc1cc(CNCCCC(=O)O)cc(OC)c1O. The third-order valence-corrected chi connectivity index (χ3v) is 2.87. The van der Waals surface area contributed by atoms with Crippen LogP contribution in [-0.2, 0) is 17.8 Å². The zero-order chi connectivity index (χ0) is 15.0. The van der Waals surface area contributed by atoms with E-state index in [4.69, 9.17) is 9.84 Å². The minimum atomic E-state index is -0.786. The quantitative estimate of drug-likeness (QED) is 0.476. The van der Waals surface area contributed by atoms with E-state index in [-0.39, 0.29) is 12.2 Å². The maximum absolute atomic E-state index is 10.4. The summed E-state index contributed by atoms with van der Waals surface area (Å²) in [5, 5.41) is 21.7. The molecule has 0 fully saturated rings. The molecule has 0 amide bonds. The van der Waals surface area contributed by atoms with Crippen LogP contribution >= 0.6 is 0 Å². The fourth-order valence-corrected chi connectivity index (χ4v) is 1.89. The highest BCUT2D eigenvalue weighted by Gasteiger charge is 2.09. The average Bonchev–Trinajstić information content (AvgIpc) is 2.41. The number of aromatic hydroxyl groups is 1. The van der Waals surface area contributed by atoms with Crippen LogP contribution in [0.15, 0.2) is 24.8 Å². The molecule has 0 aromatic heterocycles. The lowest BCUT2D eigenvalue weighted by Crippen LogP contribution is -2.16. The lowest BCUT2D eigenvalue weighted by Gasteiger charge is -2.12. The van der Waals surface area contributed by atoms with E-state index in [1.54, 1.807) is 12.1 Å². The van der Waals surface area contributed by atoms with Crippen molar-refractivity contribution in [3.05, 3.63) is 35.9 Å². The van der Waals surface area contributed by atoms with Gasteiger partial charge in [0.2, 0.25) is 0 Å². The maximum Gasteiger partial charge on any atom is 0.303 e. The number of carbonyl (C=O) groups is 1. The first-order valence-corrected chi connectivity index (χ1v) is 6.50. The summed E-state index contributed by atoms with van der Waals surface area (Å²) in [6.07, 6.45) is 3.03. The number of phenolic OH excluding ortho intramolecular Hbond substituents is 1. The molecule has 0 unspecified atom stereocenters. The number of ether oxygens (including phenoxy) is 1. The molecule has 0 aliphatic rings. The van der Waals surface area contributed by atoms with Crippen molar-refractivity contribution in [2.75, 3.05) is 13.7 Å². The molecule has 20 heavy (non-hydrogen) atoms. The number of rotatable bonds is 9. The fraction of sp³-hybridized carbons (Fsp3) is 0.400. The van der Waals surface area contributed by atoms with Gasteiger partial charge in [0.05, 0.1) is 7.11 Å². The van der Waals surface area contributed by atoms with Crippen LogP contribution in [0.5, 0.6) is 11.5 Å². The number of hydrogen-bond donors (Lipinski definition) is 3. The van der Waals surface area contributed by atoms with Crippen molar-refractivity contribution in [1.29, 1.82) is 0 Å². The number of aliphatic carboxylic acids is 1. The van der Waals surface area contributed by atoms with E-state index in [0.717, 1.165) is 11.1 Å². The molecule has 5 nitrogen and oxygen atoms in total. The smallest absolute Gasteiger partial charge is 0.303 e. The Morgan fingerprint density at radius 1 is 1.50 bits per heavy atom. The van der Waals surface area contributed by atoms with Gasteiger partial charge in [-0.05, 0) is 31.0 Å². The Hall–Kier alpha value is -2.01. The Balaban J connectivity index is 2.62. The zero-order valence-corrected chi connectivity index (χ0v) is 11.7. The van der Waals surface area contributed by atoms with Gasteiger partial charge in [0, 0.05) is 18.5 Å². The van der Waals surface area contributed by atoms with Gasteiger partial charge in [-0.1, -0.05) is 12.1 Å². The first kappa shape index (κ1) is 16.0. The van der Waals surface area contributed by atoms with Crippen LogP contribution < -0.4 is 10.1 Å². The molecule has 0 saturated carbocycles. The minimum absolute atomic E-state index is 0.141. The molecule has 0 aliphatic heterocycles. The molecule has 1 aromatic carbocycles. The van der Waals surface area contributed by atoms with Crippen LogP contribution in [0.4, 0.5) is 0 Å². The number of phenols is 1. The van der Waals surface area contributed by atoms with E-state index in [2.05, 4.69) is 11.9 Å². The first-order valence-electron chi connectivity index (χ1n) is 6.50. The van der Waals surface area contributed by atoms with Gasteiger partial charge < -0.3 is 20.3 Å². The molecule has 0 radical (unpaired) electrons. The van der Waals surface area contributed by atoms with Gasteiger partial charge in [-0.3, -0.25) is 4.79 Å². The largest absolute Gasteiger partial charge is 0.504 e. The lowest BCUT2D eigenvalue weighted by molar-refractivity contribution is -0.137. The van der Waals surface area contributed by atoms with Gasteiger partial charge >= 0.3 is 5.97 Å². The third-order valence-electron chi connectivity index (χ3n) is 2.87. The number of allylic oxidation sites excluding steroid dienone is 1. The van der Waals surface area contributed by atoms with Crippen molar-refractivity contribution in [2.24, 2.45) is 0 Å². The summed E-state index contributed by atoms with van der Waals surface area (Å²) in [6, 6.07) is 3.66. The van der Waals surface area contributed by atoms with Crippen LogP contribution in [-0.4, -0.2) is 29.8 Å². The van der Waals surface area contributed by atoms with Crippen LogP contribution in [0, 0.1) is 0 Å². The van der Waals surface area contributed by atoms with Crippen molar-refractivity contribution in [3.63, 3.8) is 0 Å². The number of hydrogen-bond acceptors (Lipinski definition) is 4. The highest BCUT2D eigenvalue weighted by molar-refractivity contribution is 5.66. The summed E-state index contributed by atoms with van der Waals surface area (Å²) in [7, 11) is 1.51. The van der Waals surface area contributed by atoms with Gasteiger partial charge in [-0.25, -0.2) is 0 Å². The number of methoxy groups -OCH3 is 1. The van der Waals surface area contributed by atoms with E-state index in [1.165, 1.54) is 7.11 Å². The fourth-order valence-electron chi connectivity index (χ4n) is 1.89. The van der Waals surface area contributed by atoms with Crippen molar-refractivity contribution >= 4 is 5.97 Å². The number of benzene rings is 1. The van der Waals surface area contributed by atoms with Crippen LogP contribution in [0.2, 0.25) is 0 Å². The molecule has 1 aromatic rings. The van der Waals surface area contributed by atoms with Crippen molar-refractivity contribution in [1.82, 2.24) is 5.32 Å². The molecule has 0 spiro atoms. The summed E-state index contributed by atoms with van der Waals surface area (Å²) in [5.74, 6) is -0.208. The molecule has 0 aliphatic carbocycles. The topological polar surface area (TPSA) is 78.8 Å². The molecule has 0 heterocycles. The van der Waals surface area contributed by atoms with Gasteiger partial charge in [0.25, 0.3) is 0 Å². The molecule has 1 rings (SSSR count). The first-order chi connectivity index (χ1) is 9.58. The Labute approximate surface area is 118 Å². The highest BCUT2D eigenvalue weighted by Crippen LogP contribution is 2.31. The maximum atomic E-state index is 10.4. The Bertz CT molecular complexity index is 471. The van der Waals surface area contributed by atoms with Crippen molar-refractivity contribution < 1.29 is 19.7 Å². The van der Waals surface area contributed by atoms with E-state index in [9.17, 15) is 9.90 Å². The van der Waals surface area contributed by atoms with Gasteiger partial charge in [0.15, 0.2) is 11.5 Å². The second kappa shape index (κ2) is 8.22. The van der Waals surface area contributed by atoms with Gasteiger partial charge in [-0.2, -0.15) is 0 Å². The summed E-state index contributed by atoms with van der Waals surface area (Å²) >= 11 is 0. The predicted molar refractivity (Wildman–Crippen MR) is 77.1 cm³/mol. The average molecular weight is 279 g/mol. The van der Waals surface area contributed by atoms with Gasteiger partial charge in [0.1, 0.15) is 0 Å². The summed E-state index contributed by atoms with van der Waals surface area (Å²) in [5.41, 5.74) is 1.74. The normalized spacial score (nSPS) is 10.2. The molecular formula is C15H21NO4. The Morgan fingerprint density at radius 3 is 2.85 bits per heavy atom. The molecule has 5 heteroatoms. The van der Waals surface area contributed by atoms with Crippen LogP contribution in [0.3, 0.4) is 0 Å².